The third kappa shape index (κ3) is 6.18. The Hall–Kier alpha value is -3.52. The molecule has 0 aromatic heterocycles. The second-order valence-corrected chi connectivity index (χ2v) is 8.92. The number of amides is 1. The average molecular weight is 498 g/mol. The molecular weight excluding hydrogens is 462 g/mol. The van der Waals surface area contributed by atoms with E-state index in [2.05, 4.69) is 6.92 Å². The Bertz CT molecular complexity index is 1090. The molecule has 1 atom stereocenters. The van der Waals surface area contributed by atoms with Gasteiger partial charge in [0.05, 0.1) is 38.0 Å². The van der Waals surface area contributed by atoms with Crippen LogP contribution < -0.4 is 9.47 Å². The molecule has 0 aliphatic carbocycles. The Kier molecular flexibility index (Phi) is 9.36. The fraction of sp³-hybridized carbons (Fsp3) is 0.429. The molecule has 1 aliphatic rings. The molecule has 194 valence electrons. The van der Waals surface area contributed by atoms with Crippen molar-refractivity contribution in [1.82, 2.24) is 4.90 Å². The summed E-state index contributed by atoms with van der Waals surface area (Å²) in [5.74, 6) is -1.04. The maximum atomic E-state index is 13.1. The van der Waals surface area contributed by atoms with Gasteiger partial charge in [0.1, 0.15) is 11.5 Å². The van der Waals surface area contributed by atoms with Gasteiger partial charge in [-0.15, -0.1) is 0 Å². The van der Waals surface area contributed by atoms with Crippen LogP contribution in [0.5, 0.6) is 17.2 Å². The molecule has 0 radical (unpaired) electrons. The highest BCUT2D eigenvalue weighted by Crippen LogP contribution is 2.41. The molecule has 2 aromatic carbocycles. The summed E-state index contributed by atoms with van der Waals surface area (Å²) in [7, 11) is 1.43. The standard InChI is InChI=1S/C28H35NO7/c1-5-6-7-15-36-21-11-8-19(9-12-21)26(31)24-25(20-10-13-23(34-4)22(30)17-20)29(28(33)27(24)32)14-16-35-18(2)3/h8-13,17-18,25,30-31H,5-7,14-16H2,1-4H3/b26-24-. The lowest BCUT2D eigenvalue weighted by Crippen LogP contribution is -2.33. The van der Waals surface area contributed by atoms with Gasteiger partial charge in [0.25, 0.3) is 11.7 Å². The monoisotopic (exact) mass is 497 g/mol. The molecule has 1 saturated heterocycles. The summed E-state index contributed by atoms with van der Waals surface area (Å²) in [4.78, 5) is 27.5. The molecule has 1 aliphatic heterocycles. The van der Waals surface area contributed by atoms with Gasteiger partial charge in [-0.05, 0) is 62.2 Å². The van der Waals surface area contributed by atoms with E-state index < -0.39 is 17.7 Å². The number of aliphatic hydroxyl groups excluding tert-OH is 1. The third-order valence-electron chi connectivity index (χ3n) is 5.99. The first-order valence-corrected chi connectivity index (χ1v) is 12.3. The number of phenolic OH excluding ortho intramolecular Hbond substituents is 1. The Labute approximate surface area is 212 Å². The van der Waals surface area contributed by atoms with Crippen LogP contribution in [0.2, 0.25) is 0 Å². The number of hydrogen-bond donors (Lipinski definition) is 2. The number of aliphatic hydroxyl groups is 1. The number of benzene rings is 2. The van der Waals surface area contributed by atoms with Gasteiger partial charge in [0.15, 0.2) is 11.5 Å². The Morgan fingerprint density at radius 2 is 1.78 bits per heavy atom. The van der Waals surface area contributed by atoms with Crippen LogP contribution in [0.1, 0.15) is 57.2 Å². The van der Waals surface area contributed by atoms with E-state index in [-0.39, 0.29) is 42.1 Å². The molecule has 0 bridgehead atoms. The molecule has 0 saturated carbocycles. The van der Waals surface area contributed by atoms with Gasteiger partial charge in [0, 0.05) is 12.1 Å². The lowest BCUT2D eigenvalue weighted by molar-refractivity contribution is -0.140. The van der Waals surface area contributed by atoms with Crippen molar-refractivity contribution >= 4 is 17.4 Å². The van der Waals surface area contributed by atoms with E-state index in [4.69, 9.17) is 14.2 Å². The Balaban J connectivity index is 1.98. The molecule has 3 rings (SSSR count). The third-order valence-corrected chi connectivity index (χ3v) is 5.99. The molecule has 1 fully saturated rings. The lowest BCUT2D eigenvalue weighted by atomic mass is 9.95. The second kappa shape index (κ2) is 12.4. The number of Topliss-reactive ketones (excluding diaryl/α,β-unsaturated/α-hetero) is 1. The van der Waals surface area contributed by atoms with Crippen molar-refractivity contribution in [2.75, 3.05) is 26.9 Å². The maximum absolute atomic E-state index is 13.1. The largest absolute Gasteiger partial charge is 0.507 e. The van der Waals surface area contributed by atoms with Crippen molar-refractivity contribution in [3.05, 3.63) is 59.2 Å². The van der Waals surface area contributed by atoms with E-state index in [1.54, 1.807) is 36.4 Å². The number of carbonyl (C=O) groups is 2. The number of methoxy groups -OCH3 is 1. The number of hydrogen-bond acceptors (Lipinski definition) is 7. The maximum Gasteiger partial charge on any atom is 0.295 e. The van der Waals surface area contributed by atoms with E-state index in [0.29, 0.717) is 23.5 Å². The van der Waals surface area contributed by atoms with Gasteiger partial charge in [-0.25, -0.2) is 0 Å². The van der Waals surface area contributed by atoms with Crippen LogP contribution in [-0.4, -0.2) is 59.8 Å². The summed E-state index contributed by atoms with van der Waals surface area (Å²) in [5, 5.41) is 21.6. The van der Waals surface area contributed by atoms with Crippen molar-refractivity contribution in [2.24, 2.45) is 0 Å². The smallest absolute Gasteiger partial charge is 0.295 e. The van der Waals surface area contributed by atoms with Crippen LogP contribution in [-0.2, 0) is 14.3 Å². The zero-order chi connectivity index (χ0) is 26.2. The van der Waals surface area contributed by atoms with E-state index in [9.17, 15) is 19.8 Å². The number of carbonyl (C=O) groups excluding carboxylic acids is 2. The number of phenols is 1. The van der Waals surface area contributed by atoms with Gasteiger partial charge in [-0.2, -0.15) is 0 Å². The van der Waals surface area contributed by atoms with Crippen LogP contribution in [0.25, 0.3) is 5.76 Å². The lowest BCUT2D eigenvalue weighted by Gasteiger charge is -2.26. The summed E-state index contributed by atoms with van der Waals surface area (Å²) < 4.78 is 16.5. The van der Waals surface area contributed by atoms with Gasteiger partial charge in [-0.3, -0.25) is 9.59 Å². The van der Waals surface area contributed by atoms with Crippen molar-refractivity contribution in [2.45, 2.75) is 52.2 Å². The highest BCUT2D eigenvalue weighted by atomic mass is 16.5. The molecule has 0 spiro atoms. The number of rotatable bonds is 12. The molecule has 1 amide bonds. The van der Waals surface area contributed by atoms with Crippen LogP contribution >= 0.6 is 0 Å². The molecular formula is C28H35NO7. The summed E-state index contributed by atoms with van der Waals surface area (Å²) in [6, 6.07) is 10.5. The minimum Gasteiger partial charge on any atom is -0.507 e. The minimum absolute atomic E-state index is 0.0481. The van der Waals surface area contributed by atoms with Crippen LogP contribution in [0.4, 0.5) is 0 Å². The predicted octanol–water partition coefficient (Wildman–Crippen LogP) is 4.82. The van der Waals surface area contributed by atoms with Crippen molar-refractivity contribution in [1.29, 1.82) is 0 Å². The predicted molar refractivity (Wildman–Crippen MR) is 136 cm³/mol. The van der Waals surface area contributed by atoms with E-state index in [1.807, 2.05) is 13.8 Å². The first kappa shape index (κ1) is 27.1. The molecule has 8 nitrogen and oxygen atoms in total. The molecule has 8 heteroatoms. The van der Waals surface area contributed by atoms with Gasteiger partial charge >= 0.3 is 0 Å². The van der Waals surface area contributed by atoms with Crippen molar-refractivity contribution < 1.29 is 34.0 Å². The molecule has 2 aromatic rings. The van der Waals surface area contributed by atoms with Crippen LogP contribution in [0, 0.1) is 0 Å². The van der Waals surface area contributed by atoms with Crippen molar-refractivity contribution in [3.8, 4) is 17.2 Å². The van der Waals surface area contributed by atoms with Gasteiger partial charge < -0.3 is 29.3 Å². The number of likely N-dealkylation sites (tertiary alicyclic amines) is 1. The highest BCUT2D eigenvalue weighted by Gasteiger charge is 2.46. The molecule has 1 unspecified atom stereocenters. The zero-order valence-electron chi connectivity index (χ0n) is 21.3. The second-order valence-electron chi connectivity index (χ2n) is 8.92. The fourth-order valence-electron chi connectivity index (χ4n) is 4.13. The summed E-state index contributed by atoms with van der Waals surface area (Å²) in [6.07, 6.45) is 3.09. The number of nitrogens with zero attached hydrogens (tertiary/aromatic N) is 1. The van der Waals surface area contributed by atoms with Crippen LogP contribution in [0.15, 0.2) is 48.0 Å². The Morgan fingerprint density at radius 1 is 1.06 bits per heavy atom. The molecule has 36 heavy (non-hydrogen) atoms. The van der Waals surface area contributed by atoms with E-state index >= 15 is 0 Å². The highest BCUT2D eigenvalue weighted by molar-refractivity contribution is 6.46. The minimum atomic E-state index is -0.900. The number of unbranched alkanes of at least 4 members (excludes halogenated alkanes) is 2. The first-order valence-electron chi connectivity index (χ1n) is 12.3. The average Bonchev–Trinajstić information content (AvgIpc) is 3.11. The van der Waals surface area contributed by atoms with Crippen molar-refractivity contribution in [3.63, 3.8) is 0 Å². The Morgan fingerprint density at radius 3 is 2.39 bits per heavy atom. The summed E-state index contributed by atoms with van der Waals surface area (Å²) >= 11 is 0. The van der Waals surface area contributed by atoms with Gasteiger partial charge in [-0.1, -0.05) is 25.8 Å². The normalized spacial score (nSPS) is 17.1. The number of aromatic hydroxyl groups is 1. The zero-order valence-corrected chi connectivity index (χ0v) is 21.3. The fourth-order valence-corrected chi connectivity index (χ4v) is 4.13. The number of ketones is 1. The summed E-state index contributed by atoms with van der Waals surface area (Å²) in [5.41, 5.74) is 0.801. The molecule has 2 N–H and O–H groups in total. The number of ether oxygens (including phenoxy) is 3. The first-order chi connectivity index (χ1) is 17.3. The van der Waals surface area contributed by atoms with Crippen LogP contribution in [0.3, 0.4) is 0 Å². The van der Waals surface area contributed by atoms with Gasteiger partial charge in [0.2, 0.25) is 0 Å². The van der Waals surface area contributed by atoms with E-state index in [1.165, 1.54) is 18.1 Å². The topological polar surface area (TPSA) is 106 Å². The van der Waals surface area contributed by atoms with E-state index in [0.717, 1.165) is 19.3 Å². The quantitative estimate of drug-likeness (QED) is 0.187. The summed E-state index contributed by atoms with van der Waals surface area (Å²) in [6.45, 7) is 6.84. The molecule has 1 heterocycles. The SMILES string of the molecule is CCCCCOc1ccc(/C(O)=C2/C(=O)C(=O)N(CCOC(C)C)C2c2ccc(OC)c(O)c2)cc1.